The summed E-state index contributed by atoms with van der Waals surface area (Å²) in [5, 5.41) is 9.05. The molecular formula is C18H16N2O4S. The van der Waals surface area contributed by atoms with Crippen LogP contribution in [0.1, 0.15) is 28.8 Å². The Balaban J connectivity index is 1.86. The lowest BCUT2D eigenvalue weighted by atomic mass is 10.2. The zero-order valence-electron chi connectivity index (χ0n) is 13.4. The Morgan fingerprint density at radius 1 is 1.08 bits per heavy atom. The lowest BCUT2D eigenvalue weighted by Crippen LogP contribution is -2.28. The molecule has 2 aromatic carbocycles. The van der Waals surface area contributed by atoms with Crippen LogP contribution in [0.5, 0.6) is 5.75 Å². The van der Waals surface area contributed by atoms with Gasteiger partial charge in [0, 0.05) is 13.1 Å². The first kappa shape index (κ1) is 17.1. The molecule has 25 heavy (non-hydrogen) atoms. The first-order valence-electron chi connectivity index (χ1n) is 7.84. The highest BCUT2D eigenvalue weighted by Gasteiger charge is 2.27. The van der Waals surface area contributed by atoms with Crippen LogP contribution < -0.4 is 4.74 Å². The van der Waals surface area contributed by atoms with E-state index in [-0.39, 0.29) is 21.8 Å². The fourth-order valence-corrected chi connectivity index (χ4v) is 4.23. The number of carbonyl (C=O) groups excluding carboxylic acids is 1. The van der Waals surface area contributed by atoms with Crippen molar-refractivity contribution in [2.45, 2.75) is 17.7 Å². The quantitative estimate of drug-likeness (QED) is 0.621. The van der Waals surface area contributed by atoms with E-state index in [1.54, 1.807) is 12.1 Å². The fourth-order valence-electron chi connectivity index (χ4n) is 2.67. The molecule has 0 unspecified atom stereocenters. The molecule has 0 aliphatic carbocycles. The summed E-state index contributed by atoms with van der Waals surface area (Å²) in [6.07, 6.45) is 1.68. The Bertz CT molecular complexity index is 942. The van der Waals surface area contributed by atoms with Gasteiger partial charge in [-0.3, -0.25) is 0 Å². The van der Waals surface area contributed by atoms with E-state index in [4.69, 9.17) is 10.00 Å². The molecule has 0 aromatic heterocycles. The highest BCUT2D eigenvalue weighted by Crippen LogP contribution is 2.23. The van der Waals surface area contributed by atoms with Crippen molar-refractivity contribution in [3.05, 3.63) is 59.7 Å². The first-order chi connectivity index (χ1) is 12.0. The Kier molecular flexibility index (Phi) is 4.83. The van der Waals surface area contributed by atoms with Crippen LogP contribution in [0.3, 0.4) is 0 Å². The molecule has 1 fully saturated rings. The third-order valence-electron chi connectivity index (χ3n) is 3.98. The number of hydrogen-bond donors (Lipinski definition) is 0. The third kappa shape index (κ3) is 3.55. The predicted molar refractivity (Wildman–Crippen MR) is 90.6 cm³/mol. The van der Waals surface area contributed by atoms with E-state index in [2.05, 4.69) is 0 Å². The molecule has 1 heterocycles. The average molecular weight is 356 g/mol. The van der Waals surface area contributed by atoms with E-state index < -0.39 is 16.0 Å². The van der Waals surface area contributed by atoms with E-state index in [0.717, 1.165) is 12.8 Å². The molecule has 0 saturated carbocycles. The van der Waals surface area contributed by atoms with Crippen LogP contribution >= 0.6 is 0 Å². The summed E-state index contributed by atoms with van der Waals surface area (Å²) in [7, 11) is -3.61. The van der Waals surface area contributed by atoms with Crippen molar-refractivity contribution in [1.82, 2.24) is 4.31 Å². The molecule has 7 heteroatoms. The van der Waals surface area contributed by atoms with Crippen LogP contribution in [0, 0.1) is 11.3 Å². The zero-order chi connectivity index (χ0) is 17.9. The summed E-state index contributed by atoms with van der Waals surface area (Å²) in [4.78, 5) is 12.4. The van der Waals surface area contributed by atoms with E-state index in [1.807, 2.05) is 6.07 Å². The Hall–Kier alpha value is -2.69. The smallest absolute Gasteiger partial charge is 0.343 e. The molecule has 2 aromatic rings. The Morgan fingerprint density at radius 3 is 2.52 bits per heavy atom. The molecule has 1 aliphatic heterocycles. The van der Waals surface area contributed by atoms with Crippen molar-refractivity contribution in [3.8, 4) is 11.8 Å². The van der Waals surface area contributed by atoms with Gasteiger partial charge in [0.25, 0.3) is 0 Å². The third-order valence-corrected chi connectivity index (χ3v) is 5.88. The predicted octanol–water partition coefficient (Wildman–Crippen LogP) is 2.56. The second kappa shape index (κ2) is 7.05. The van der Waals surface area contributed by atoms with Crippen LogP contribution in [0.4, 0.5) is 0 Å². The van der Waals surface area contributed by atoms with Gasteiger partial charge < -0.3 is 4.74 Å². The van der Waals surface area contributed by atoms with E-state index in [0.29, 0.717) is 13.1 Å². The Labute approximate surface area is 146 Å². The maximum atomic E-state index is 12.6. The number of nitrogens with zero attached hydrogens (tertiary/aromatic N) is 2. The molecule has 1 aliphatic rings. The van der Waals surface area contributed by atoms with Crippen LogP contribution in [-0.4, -0.2) is 31.8 Å². The number of carbonyl (C=O) groups is 1. The molecule has 3 rings (SSSR count). The molecular weight excluding hydrogens is 340 g/mol. The number of nitriles is 1. The highest BCUT2D eigenvalue weighted by atomic mass is 32.2. The minimum Gasteiger partial charge on any atom is -0.422 e. The normalized spacial score (nSPS) is 14.8. The second-order valence-corrected chi connectivity index (χ2v) is 7.57. The van der Waals surface area contributed by atoms with Crippen LogP contribution in [-0.2, 0) is 10.0 Å². The van der Waals surface area contributed by atoms with E-state index in [1.165, 1.54) is 40.7 Å². The minimum absolute atomic E-state index is 0.0671. The van der Waals surface area contributed by atoms with Gasteiger partial charge in [0.2, 0.25) is 10.0 Å². The molecule has 0 atom stereocenters. The highest BCUT2D eigenvalue weighted by molar-refractivity contribution is 7.89. The van der Waals surface area contributed by atoms with Gasteiger partial charge >= 0.3 is 5.97 Å². The van der Waals surface area contributed by atoms with E-state index in [9.17, 15) is 13.2 Å². The van der Waals surface area contributed by atoms with Gasteiger partial charge in [0.15, 0.2) is 0 Å². The average Bonchev–Trinajstić information content (AvgIpc) is 3.18. The molecule has 128 valence electrons. The fraction of sp³-hybridized carbons (Fsp3) is 0.222. The lowest BCUT2D eigenvalue weighted by Gasteiger charge is -2.15. The summed E-state index contributed by atoms with van der Waals surface area (Å²) in [6.45, 7) is 0.985. The summed E-state index contributed by atoms with van der Waals surface area (Å²) < 4.78 is 31.9. The number of hydrogen-bond acceptors (Lipinski definition) is 5. The molecule has 6 nitrogen and oxygen atoms in total. The van der Waals surface area contributed by atoms with Gasteiger partial charge in [-0.25, -0.2) is 13.2 Å². The van der Waals surface area contributed by atoms with Crippen LogP contribution in [0.2, 0.25) is 0 Å². The number of rotatable bonds is 4. The Morgan fingerprint density at radius 2 is 1.80 bits per heavy atom. The molecule has 0 N–H and O–H groups in total. The van der Waals surface area contributed by atoms with Crippen molar-refractivity contribution in [3.63, 3.8) is 0 Å². The van der Waals surface area contributed by atoms with Gasteiger partial charge in [0.1, 0.15) is 11.8 Å². The summed E-state index contributed by atoms with van der Waals surface area (Å²) in [5.41, 5.74) is 0.352. The van der Waals surface area contributed by atoms with Crippen molar-refractivity contribution in [2.75, 3.05) is 13.1 Å². The molecule has 0 spiro atoms. The number of ether oxygens (including phenoxy) is 1. The van der Waals surface area contributed by atoms with Crippen LogP contribution in [0.15, 0.2) is 53.4 Å². The standard InChI is InChI=1S/C18H16N2O4S/c19-13-15-6-1-2-9-17(15)24-18(21)14-7-5-8-16(12-14)25(22,23)20-10-3-4-11-20/h1-2,5-9,12H,3-4,10-11H2. The molecule has 0 amide bonds. The molecule has 0 radical (unpaired) electrons. The lowest BCUT2D eigenvalue weighted by molar-refractivity contribution is 0.0734. The maximum absolute atomic E-state index is 12.6. The van der Waals surface area contributed by atoms with Crippen molar-refractivity contribution < 1.29 is 17.9 Å². The monoisotopic (exact) mass is 356 g/mol. The topological polar surface area (TPSA) is 87.5 Å². The minimum atomic E-state index is -3.61. The molecule has 0 bridgehead atoms. The van der Waals surface area contributed by atoms with Gasteiger partial charge in [-0.05, 0) is 43.2 Å². The summed E-state index contributed by atoms with van der Waals surface area (Å²) in [5.74, 6) is -0.566. The van der Waals surface area contributed by atoms with E-state index >= 15 is 0 Å². The zero-order valence-corrected chi connectivity index (χ0v) is 14.2. The summed E-state index contributed by atoms with van der Waals surface area (Å²) >= 11 is 0. The van der Waals surface area contributed by atoms with Crippen molar-refractivity contribution in [2.24, 2.45) is 0 Å². The van der Waals surface area contributed by atoms with Gasteiger partial charge in [-0.1, -0.05) is 18.2 Å². The molecule has 1 saturated heterocycles. The van der Waals surface area contributed by atoms with Gasteiger partial charge in [0.05, 0.1) is 16.0 Å². The summed E-state index contributed by atoms with van der Waals surface area (Å²) in [6, 6.07) is 14.1. The number of sulfonamides is 1. The van der Waals surface area contributed by atoms with Gasteiger partial charge in [-0.2, -0.15) is 9.57 Å². The van der Waals surface area contributed by atoms with Crippen molar-refractivity contribution >= 4 is 16.0 Å². The second-order valence-electron chi connectivity index (χ2n) is 5.64. The van der Waals surface area contributed by atoms with Crippen molar-refractivity contribution in [1.29, 1.82) is 5.26 Å². The SMILES string of the molecule is N#Cc1ccccc1OC(=O)c1cccc(S(=O)(=O)N2CCCC2)c1. The number of benzene rings is 2. The largest absolute Gasteiger partial charge is 0.422 e. The maximum Gasteiger partial charge on any atom is 0.343 e. The van der Waals surface area contributed by atoms with Crippen LogP contribution in [0.25, 0.3) is 0 Å². The number of para-hydroxylation sites is 1. The first-order valence-corrected chi connectivity index (χ1v) is 9.28. The number of esters is 1. The van der Waals surface area contributed by atoms with Gasteiger partial charge in [-0.15, -0.1) is 0 Å².